The molecule has 1 unspecified atom stereocenters. The van der Waals surface area contributed by atoms with Crippen molar-refractivity contribution in [2.24, 2.45) is 10.9 Å². The second-order valence-corrected chi connectivity index (χ2v) is 3.22. The van der Waals surface area contributed by atoms with Crippen LogP contribution >= 0.6 is 11.8 Å². The van der Waals surface area contributed by atoms with Gasteiger partial charge in [0.15, 0.2) is 5.84 Å². The molecule has 1 heterocycles. The van der Waals surface area contributed by atoms with Crippen LogP contribution in [0.4, 0.5) is 0 Å². The van der Waals surface area contributed by atoms with Gasteiger partial charge in [0.05, 0.1) is 5.75 Å². The highest BCUT2D eigenvalue weighted by molar-refractivity contribution is 8.02. The summed E-state index contributed by atoms with van der Waals surface area (Å²) in [6.07, 6.45) is 0. The van der Waals surface area contributed by atoms with E-state index >= 15 is 0 Å². The Morgan fingerprint density at radius 1 is 1.83 bits per heavy atom. The van der Waals surface area contributed by atoms with Gasteiger partial charge in [0, 0.05) is 0 Å². The van der Waals surface area contributed by atoms with E-state index < -0.39 is 11.2 Å². The van der Waals surface area contributed by atoms with E-state index in [0.717, 1.165) is 11.8 Å². The van der Waals surface area contributed by atoms with Crippen LogP contribution < -0.4 is 11.1 Å². The number of primary amides is 1. The van der Waals surface area contributed by atoms with Crippen LogP contribution in [-0.4, -0.2) is 33.9 Å². The lowest BCUT2D eigenvalue weighted by molar-refractivity contribution is -0.117. The Morgan fingerprint density at radius 2 is 2.50 bits per heavy atom. The molecule has 1 aliphatic heterocycles. The van der Waals surface area contributed by atoms with Gasteiger partial charge in [-0.15, -0.1) is 11.8 Å². The Hall–Kier alpha value is -1.24. The van der Waals surface area contributed by atoms with Gasteiger partial charge >= 0.3 is 0 Å². The minimum atomic E-state index is -0.757. The summed E-state index contributed by atoms with van der Waals surface area (Å²) in [5.74, 6) is -0.881. The Labute approximate surface area is 72.2 Å². The second kappa shape index (κ2) is 3.44. The van der Waals surface area contributed by atoms with Gasteiger partial charge < -0.3 is 16.3 Å². The summed E-state index contributed by atoms with van der Waals surface area (Å²) >= 11 is 1.03. The lowest BCUT2D eigenvalue weighted by Gasteiger charge is -2.19. The monoisotopic (exact) mass is 189 g/mol. The first-order valence-corrected chi connectivity index (χ1v) is 4.12. The van der Waals surface area contributed by atoms with Gasteiger partial charge in [0.1, 0.15) is 5.25 Å². The Bertz CT molecular complexity index is 252. The SMILES string of the molecule is NC(=O)C1SCC(=O)NC1=NO. The fourth-order valence-electron chi connectivity index (χ4n) is 0.777. The quantitative estimate of drug-likeness (QED) is 0.344. The number of nitrogens with zero attached hydrogens (tertiary/aromatic N) is 1. The number of nitrogens with one attached hydrogen (secondary N) is 1. The van der Waals surface area contributed by atoms with Gasteiger partial charge in [-0.1, -0.05) is 5.16 Å². The summed E-state index contributed by atoms with van der Waals surface area (Å²) in [6, 6.07) is 0. The van der Waals surface area contributed by atoms with E-state index in [-0.39, 0.29) is 17.5 Å². The van der Waals surface area contributed by atoms with Crippen molar-refractivity contribution in [1.82, 2.24) is 5.32 Å². The largest absolute Gasteiger partial charge is 0.409 e. The topological polar surface area (TPSA) is 105 Å². The van der Waals surface area contributed by atoms with Crippen LogP contribution in [0.25, 0.3) is 0 Å². The van der Waals surface area contributed by atoms with E-state index in [1.54, 1.807) is 0 Å². The summed E-state index contributed by atoms with van der Waals surface area (Å²) in [6.45, 7) is 0. The molecule has 0 aromatic carbocycles. The number of amidine groups is 1. The predicted molar refractivity (Wildman–Crippen MR) is 42.8 cm³/mol. The van der Waals surface area contributed by atoms with Crippen molar-refractivity contribution in [3.05, 3.63) is 0 Å². The average molecular weight is 189 g/mol. The Morgan fingerprint density at radius 3 is 3.00 bits per heavy atom. The fourth-order valence-corrected chi connectivity index (χ4v) is 1.60. The molecule has 1 saturated heterocycles. The van der Waals surface area contributed by atoms with Gasteiger partial charge in [0.2, 0.25) is 11.8 Å². The molecule has 0 saturated carbocycles. The minimum absolute atomic E-state index is 0.0937. The maximum absolute atomic E-state index is 10.7. The average Bonchev–Trinajstić information content (AvgIpc) is 2.03. The van der Waals surface area contributed by atoms with Gasteiger partial charge in [0.25, 0.3) is 0 Å². The van der Waals surface area contributed by atoms with Crippen molar-refractivity contribution in [1.29, 1.82) is 0 Å². The van der Waals surface area contributed by atoms with Crippen molar-refractivity contribution in [2.45, 2.75) is 5.25 Å². The van der Waals surface area contributed by atoms with Crippen LogP contribution in [0, 0.1) is 0 Å². The number of hydrogen-bond donors (Lipinski definition) is 3. The molecule has 7 heteroatoms. The van der Waals surface area contributed by atoms with Crippen LogP contribution in [0.1, 0.15) is 0 Å². The molecule has 4 N–H and O–H groups in total. The van der Waals surface area contributed by atoms with Crippen LogP contribution in [0.5, 0.6) is 0 Å². The molecule has 0 aromatic rings. The Balaban J connectivity index is 2.76. The van der Waals surface area contributed by atoms with Crippen LogP contribution in [0.15, 0.2) is 5.16 Å². The summed E-state index contributed by atoms with van der Waals surface area (Å²) < 4.78 is 0. The van der Waals surface area contributed by atoms with Crippen molar-refractivity contribution >= 4 is 29.4 Å². The molecular weight excluding hydrogens is 182 g/mol. The third-order valence-corrected chi connectivity index (χ3v) is 2.48. The minimum Gasteiger partial charge on any atom is -0.409 e. The van der Waals surface area contributed by atoms with Crippen molar-refractivity contribution in [2.75, 3.05) is 5.75 Å². The molecule has 1 aliphatic rings. The molecule has 1 atom stereocenters. The first-order chi connectivity index (χ1) is 5.65. The van der Waals surface area contributed by atoms with E-state index in [1.807, 2.05) is 0 Å². The number of amides is 2. The number of hydrogen-bond acceptors (Lipinski definition) is 5. The highest BCUT2D eigenvalue weighted by Gasteiger charge is 2.30. The van der Waals surface area contributed by atoms with Gasteiger partial charge in [-0.3, -0.25) is 9.59 Å². The maximum atomic E-state index is 10.7. The van der Waals surface area contributed by atoms with Crippen LogP contribution in [0.3, 0.4) is 0 Å². The van der Waals surface area contributed by atoms with Gasteiger partial charge in [-0.05, 0) is 0 Å². The zero-order valence-electron chi connectivity index (χ0n) is 5.98. The van der Waals surface area contributed by atoms with E-state index in [0.29, 0.717) is 0 Å². The highest BCUT2D eigenvalue weighted by atomic mass is 32.2. The molecule has 0 spiro atoms. The summed E-state index contributed by atoms with van der Waals surface area (Å²) in [4.78, 5) is 21.4. The lowest BCUT2D eigenvalue weighted by atomic mass is 10.3. The molecule has 1 fully saturated rings. The molecular formula is C5H7N3O3S. The number of carbonyl (C=O) groups is 2. The molecule has 12 heavy (non-hydrogen) atoms. The molecule has 2 amide bonds. The van der Waals surface area contributed by atoms with E-state index in [1.165, 1.54) is 0 Å². The maximum Gasteiger partial charge on any atom is 0.238 e. The molecule has 0 bridgehead atoms. The van der Waals surface area contributed by atoms with Crippen molar-refractivity contribution < 1.29 is 14.8 Å². The fraction of sp³-hybridized carbons (Fsp3) is 0.400. The summed E-state index contributed by atoms with van der Waals surface area (Å²) in [5.41, 5.74) is 4.98. The highest BCUT2D eigenvalue weighted by Crippen LogP contribution is 2.15. The molecule has 6 nitrogen and oxygen atoms in total. The van der Waals surface area contributed by atoms with E-state index in [9.17, 15) is 9.59 Å². The third-order valence-electron chi connectivity index (χ3n) is 1.26. The van der Waals surface area contributed by atoms with E-state index in [2.05, 4.69) is 10.5 Å². The smallest absolute Gasteiger partial charge is 0.238 e. The standard InChI is InChI=1S/C5H7N3O3S/c6-4(10)3-5(8-11)7-2(9)1-12-3/h3,11H,1H2,(H2,6,10)(H,7,8,9). The number of rotatable bonds is 1. The lowest BCUT2D eigenvalue weighted by Crippen LogP contribution is -2.49. The Kier molecular flexibility index (Phi) is 2.54. The van der Waals surface area contributed by atoms with Gasteiger partial charge in [-0.25, -0.2) is 0 Å². The molecule has 0 radical (unpaired) electrons. The summed E-state index contributed by atoms with van der Waals surface area (Å²) in [7, 11) is 0. The first-order valence-electron chi connectivity index (χ1n) is 3.08. The van der Waals surface area contributed by atoms with Crippen LogP contribution in [-0.2, 0) is 9.59 Å². The van der Waals surface area contributed by atoms with Crippen LogP contribution in [0.2, 0.25) is 0 Å². The molecule has 66 valence electrons. The molecule has 0 aromatic heterocycles. The molecule has 1 rings (SSSR count). The number of oxime groups is 1. The van der Waals surface area contributed by atoms with Gasteiger partial charge in [-0.2, -0.15) is 0 Å². The normalized spacial score (nSPS) is 26.8. The number of nitrogens with two attached hydrogens (primary N) is 1. The number of carbonyl (C=O) groups excluding carboxylic acids is 2. The van der Waals surface area contributed by atoms with E-state index in [4.69, 9.17) is 10.9 Å². The zero-order chi connectivity index (χ0) is 9.14. The zero-order valence-corrected chi connectivity index (χ0v) is 6.80. The number of thioether (sulfide) groups is 1. The first kappa shape index (κ1) is 8.85. The molecule has 0 aliphatic carbocycles. The second-order valence-electron chi connectivity index (χ2n) is 2.13. The summed E-state index contributed by atoms with van der Waals surface area (Å²) in [5, 5.41) is 12.6. The third kappa shape index (κ3) is 1.67. The predicted octanol–water partition coefficient (Wildman–Crippen LogP) is -1.51. The van der Waals surface area contributed by atoms with Crippen molar-refractivity contribution in [3.8, 4) is 0 Å². The van der Waals surface area contributed by atoms with Crippen molar-refractivity contribution in [3.63, 3.8) is 0 Å².